The Morgan fingerprint density at radius 3 is 2.82 bits per heavy atom. The maximum atomic E-state index is 7.25. The van der Waals surface area contributed by atoms with Gasteiger partial charge in [0.05, 0.1) is 0 Å². The average molecular weight is 230 g/mol. The van der Waals surface area contributed by atoms with E-state index < -0.39 is 0 Å². The van der Waals surface area contributed by atoms with Gasteiger partial charge in [-0.1, -0.05) is 37.6 Å². The summed E-state index contributed by atoms with van der Waals surface area (Å²) >= 11 is 0. The lowest BCUT2D eigenvalue weighted by Gasteiger charge is -2.33. The first-order valence-corrected chi connectivity index (χ1v) is 6.56. The smallest absolute Gasteiger partial charge is 0.0358 e. The molecule has 0 saturated heterocycles. The van der Waals surface area contributed by atoms with Gasteiger partial charge in [0.1, 0.15) is 0 Å². The molecule has 1 unspecified atom stereocenters. The second-order valence-corrected chi connectivity index (χ2v) is 5.21. The van der Waals surface area contributed by atoms with Crippen molar-refractivity contribution in [2.45, 2.75) is 45.1 Å². The maximum absolute atomic E-state index is 7.25. The minimum absolute atomic E-state index is 0.151. The van der Waals surface area contributed by atoms with Crippen molar-refractivity contribution in [1.82, 2.24) is 0 Å². The third-order valence-electron chi connectivity index (χ3n) is 4.13. The van der Waals surface area contributed by atoms with Gasteiger partial charge >= 0.3 is 0 Å². The summed E-state index contributed by atoms with van der Waals surface area (Å²) in [5.74, 6) is 0. The molecule has 0 saturated carbocycles. The molecular weight excluding hydrogens is 208 g/mol. The largest absolute Gasteiger partial charge is 0.323 e. The number of nitrogens with two attached hydrogens (primary N) is 1. The zero-order valence-electron chi connectivity index (χ0n) is 10.6. The zero-order chi connectivity index (χ0) is 12.3. The fraction of sp³-hybridized carbons (Fsp3) is 0.533. The lowest BCUT2D eigenvalue weighted by molar-refractivity contribution is 0.207. The molecule has 2 atom stereocenters. The van der Waals surface area contributed by atoms with Crippen molar-refractivity contribution in [2.24, 2.45) is 11.1 Å². The van der Waals surface area contributed by atoms with Crippen molar-refractivity contribution in [3.8, 4) is 0 Å². The first-order valence-electron chi connectivity index (χ1n) is 6.56. The minimum atomic E-state index is 0.151. The van der Waals surface area contributed by atoms with Gasteiger partial charge in [0.15, 0.2) is 0 Å². The number of fused-ring (bicyclic) bond motifs is 1. The first kappa shape index (κ1) is 12.3. The fourth-order valence-corrected chi connectivity index (χ4v) is 3.29. The molecule has 2 nitrogen and oxygen atoms in total. The highest BCUT2D eigenvalue weighted by atomic mass is 14.7. The molecule has 1 aromatic rings. The van der Waals surface area contributed by atoms with Crippen LogP contribution in [0.4, 0.5) is 0 Å². The number of hydrogen-bond donors (Lipinski definition) is 2. The van der Waals surface area contributed by atoms with Crippen LogP contribution in [0, 0.1) is 10.8 Å². The summed E-state index contributed by atoms with van der Waals surface area (Å²) in [5.41, 5.74) is 9.41. The molecule has 0 spiro atoms. The van der Waals surface area contributed by atoms with Crippen LogP contribution in [0.25, 0.3) is 0 Å². The van der Waals surface area contributed by atoms with Gasteiger partial charge in [0.25, 0.3) is 0 Å². The van der Waals surface area contributed by atoms with Crippen molar-refractivity contribution in [2.75, 3.05) is 0 Å². The molecule has 17 heavy (non-hydrogen) atoms. The van der Waals surface area contributed by atoms with E-state index in [1.54, 1.807) is 0 Å². The highest BCUT2D eigenvalue weighted by molar-refractivity contribution is 5.53. The Balaban J connectivity index is 2.28. The van der Waals surface area contributed by atoms with E-state index in [4.69, 9.17) is 11.1 Å². The molecule has 2 heteroatoms. The van der Waals surface area contributed by atoms with Crippen molar-refractivity contribution in [3.05, 3.63) is 35.4 Å². The quantitative estimate of drug-likeness (QED) is 0.748. The Morgan fingerprint density at radius 1 is 1.41 bits per heavy atom. The van der Waals surface area contributed by atoms with Gasteiger partial charge in [-0.25, -0.2) is 0 Å². The highest BCUT2D eigenvalue weighted by Crippen LogP contribution is 2.49. The molecule has 2 rings (SSSR count). The van der Waals surface area contributed by atoms with E-state index in [9.17, 15) is 0 Å². The summed E-state index contributed by atoms with van der Waals surface area (Å²) < 4.78 is 0. The van der Waals surface area contributed by atoms with Gasteiger partial charge in [-0.3, -0.25) is 0 Å². The number of hydrogen-bond acceptors (Lipinski definition) is 2. The maximum Gasteiger partial charge on any atom is 0.0358 e. The summed E-state index contributed by atoms with van der Waals surface area (Å²) in [6.07, 6.45) is 6.83. The third-order valence-corrected chi connectivity index (χ3v) is 4.13. The zero-order valence-corrected chi connectivity index (χ0v) is 10.6. The van der Waals surface area contributed by atoms with Crippen LogP contribution in [0.5, 0.6) is 0 Å². The SMILES string of the molecule is CCCC1(CCC=N)Cc2ccccc2[C@H]1N. The number of nitrogens with one attached hydrogen (secondary N) is 1. The molecule has 92 valence electrons. The summed E-state index contributed by atoms with van der Waals surface area (Å²) in [5, 5.41) is 7.25. The Morgan fingerprint density at radius 2 is 2.18 bits per heavy atom. The molecule has 0 aliphatic heterocycles. The van der Waals surface area contributed by atoms with Crippen LogP contribution in [0.2, 0.25) is 0 Å². The van der Waals surface area contributed by atoms with E-state index in [-0.39, 0.29) is 11.5 Å². The Hall–Kier alpha value is -1.15. The third kappa shape index (κ3) is 2.14. The van der Waals surface area contributed by atoms with Crippen molar-refractivity contribution < 1.29 is 0 Å². The van der Waals surface area contributed by atoms with Crippen LogP contribution < -0.4 is 5.73 Å². The molecule has 1 aromatic carbocycles. The van der Waals surface area contributed by atoms with Crippen LogP contribution in [0.15, 0.2) is 24.3 Å². The fourth-order valence-electron chi connectivity index (χ4n) is 3.29. The van der Waals surface area contributed by atoms with E-state index in [1.807, 2.05) is 0 Å². The summed E-state index contributed by atoms with van der Waals surface area (Å²) in [4.78, 5) is 0. The average Bonchev–Trinajstić information content (AvgIpc) is 2.62. The van der Waals surface area contributed by atoms with Gasteiger partial charge in [-0.2, -0.15) is 0 Å². The number of benzene rings is 1. The molecule has 3 N–H and O–H groups in total. The van der Waals surface area contributed by atoms with Gasteiger partial charge in [-0.15, -0.1) is 0 Å². The normalized spacial score (nSPS) is 26.8. The summed E-state index contributed by atoms with van der Waals surface area (Å²) in [6, 6.07) is 8.71. The summed E-state index contributed by atoms with van der Waals surface area (Å²) in [7, 11) is 0. The lowest BCUT2D eigenvalue weighted by atomic mass is 9.74. The summed E-state index contributed by atoms with van der Waals surface area (Å²) in [6.45, 7) is 2.22. The standard InChI is InChI=1S/C15H22N2/c1-2-8-15(9-5-10-16)11-12-6-3-4-7-13(12)14(15)17/h3-4,6-7,10,14,16H,2,5,8-9,11,17H2,1H3/t14-,15?/m1/s1. The molecule has 0 fully saturated rings. The van der Waals surface area contributed by atoms with Crippen molar-refractivity contribution in [1.29, 1.82) is 5.41 Å². The van der Waals surface area contributed by atoms with Crippen molar-refractivity contribution >= 4 is 6.21 Å². The molecular formula is C15H22N2. The first-order chi connectivity index (χ1) is 8.23. The minimum Gasteiger partial charge on any atom is -0.323 e. The van der Waals surface area contributed by atoms with Crippen molar-refractivity contribution in [3.63, 3.8) is 0 Å². The molecule has 0 amide bonds. The van der Waals surface area contributed by atoms with Gasteiger partial charge in [0.2, 0.25) is 0 Å². The molecule has 1 aliphatic carbocycles. The van der Waals surface area contributed by atoms with Gasteiger partial charge in [-0.05, 0) is 48.4 Å². The van der Waals surface area contributed by atoms with E-state index >= 15 is 0 Å². The van der Waals surface area contributed by atoms with Gasteiger partial charge < -0.3 is 11.1 Å². The van der Waals surface area contributed by atoms with E-state index in [2.05, 4.69) is 31.2 Å². The second kappa shape index (κ2) is 5.01. The Bertz CT molecular complexity index is 400. The van der Waals surface area contributed by atoms with Crippen LogP contribution in [0.1, 0.15) is 49.8 Å². The second-order valence-electron chi connectivity index (χ2n) is 5.21. The lowest BCUT2D eigenvalue weighted by Crippen LogP contribution is -2.31. The van der Waals surface area contributed by atoms with E-state index in [1.165, 1.54) is 23.8 Å². The monoisotopic (exact) mass is 230 g/mol. The molecule has 0 heterocycles. The molecule has 0 aromatic heterocycles. The van der Waals surface area contributed by atoms with Crippen LogP contribution in [0.3, 0.4) is 0 Å². The van der Waals surface area contributed by atoms with Crippen LogP contribution in [-0.2, 0) is 6.42 Å². The Labute approximate surface area is 104 Å². The molecule has 0 bridgehead atoms. The Kier molecular flexibility index (Phi) is 3.63. The van der Waals surface area contributed by atoms with Gasteiger partial charge in [0, 0.05) is 6.04 Å². The topological polar surface area (TPSA) is 49.9 Å². The van der Waals surface area contributed by atoms with Crippen LogP contribution >= 0.6 is 0 Å². The predicted molar refractivity (Wildman–Crippen MR) is 72.4 cm³/mol. The van der Waals surface area contributed by atoms with Crippen LogP contribution in [-0.4, -0.2) is 6.21 Å². The molecule has 1 aliphatic rings. The highest BCUT2D eigenvalue weighted by Gasteiger charge is 2.42. The predicted octanol–water partition coefficient (Wildman–Crippen LogP) is 3.46. The van der Waals surface area contributed by atoms with E-state index in [0.717, 1.165) is 25.7 Å². The molecule has 0 radical (unpaired) electrons. The number of rotatable bonds is 5. The van der Waals surface area contributed by atoms with E-state index in [0.29, 0.717) is 0 Å².